The number of piperazine rings is 1. The van der Waals surface area contributed by atoms with E-state index in [2.05, 4.69) is 10.6 Å². The maximum absolute atomic E-state index is 14.5. The normalized spacial score (nSPS) is 24.3. The molecule has 1 saturated heterocycles. The Hall–Kier alpha value is -3.30. The fourth-order valence-electron chi connectivity index (χ4n) is 5.15. The summed E-state index contributed by atoms with van der Waals surface area (Å²) in [4.78, 5) is 36.4. The molecule has 216 valence electrons. The SMILES string of the molecule is O=C1CN(S(=O)(=O)c2ccccc2[N+](=O)[O-])C(C(=O)NC2CCCC(C(F)(F)F)C2)(c2cc(F)ccc2Cl)CN1. The molecule has 2 amide bonds. The van der Waals surface area contributed by atoms with Crippen molar-refractivity contribution in [3.8, 4) is 0 Å². The zero-order valence-corrected chi connectivity index (χ0v) is 22.2. The van der Waals surface area contributed by atoms with Gasteiger partial charge in [-0.2, -0.15) is 17.5 Å². The number of hydrogen-bond donors (Lipinski definition) is 2. The van der Waals surface area contributed by atoms with E-state index in [9.17, 15) is 45.7 Å². The van der Waals surface area contributed by atoms with E-state index in [1.54, 1.807) is 0 Å². The Bertz CT molecular complexity index is 1460. The smallest absolute Gasteiger partial charge is 0.352 e. The topological polar surface area (TPSA) is 139 Å². The highest BCUT2D eigenvalue weighted by Gasteiger charge is 2.57. The van der Waals surface area contributed by atoms with Gasteiger partial charge in [0.2, 0.25) is 11.8 Å². The van der Waals surface area contributed by atoms with E-state index < -0.39 is 91.9 Å². The number of para-hydroxylation sites is 1. The van der Waals surface area contributed by atoms with Crippen molar-refractivity contribution in [2.24, 2.45) is 5.92 Å². The summed E-state index contributed by atoms with van der Waals surface area (Å²) in [7, 11) is -5.07. The molecule has 2 N–H and O–H groups in total. The van der Waals surface area contributed by atoms with Gasteiger partial charge in [-0.3, -0.25) is 19.7 Å². The highest BCUT2D eigenvalue weighted by atomic mass is 35.5. The lowest BCUT2D eigenvalue weighted by Crippen LogP contribution is -2.69. The van der Waals surface area contributed by atoms with E-state index in [0.717, 1.165) is 30.3 Å². The van der Waals surface area contributed by atoms with Crippen LogP contribution in [0.5, 0.6) is 0 Å². The summed E-state index contributed by atoms with van der Waals surface area (Å²) in [5.74, 6) is -4.69. The fourth-order valence-corrected chi connectivity index (χ4v) is 7.27. The predicted molar refractivity (Wildman–Crippen MR) is 133 cm³/mol. The van der Waals surface area contributed by atoms with Gasteiger partial charge in [-0.1, -0.05) is 30.2 Å². The quantitative estimate of drug-likeness (QED) is 0.292. The van der Waals surface area contributed by atoms with Crippen LogP contribution in [0.4, 0.5) is 23.2 Å². The molecule has 2 aliphatic rings. The number of alkyl halides is 3. The van der Waals surface area contributed by atoms with E-state index in [1.807, 2.05) is 0 Å². The third-order valence-electron chi connectivity index (χ3n) is 7.11. The molecule has 2 aromatic carbocycles. The molecule has 40 heavy (non-hydrogen) atoms. The molecule has 2 aromatic rings. The van der Waals surface area contributed by atoms with Gasteiger partial charge in [-0.05, 0) is 43.5 Å². The molecule has 0 bridgehead atoms. The minimum atomic E-state index is -5.07. The Morgan fingerprint density at radius 1 is 1.20 bits per heavy atom. The number of hydrogen-bond acceptors (Lipinski definition) is 6. The van der Waals surface area contributed by atoms with Crippen LogP contribution >= 0.6 is 11.6 Å². The standard InChI is InChI=1S/C24H23ClF4N4O6S/c25-18-9-8-15(26)11-17(18)23(22(35)31-16-5-3-4-14(10-16)24(27,28)29)13-30-21(34)12-32(23)40(38,39)20-7-2-1-6-19(20)33(36)37/h1-2,6-9,11,14,16H,3-5,10,12-13H2,(H,30,34)(H,31,35). The van der Waals surface area contributed by atoms with Crippen molar-refractivity contribution >= 4 is 39.1 Å². The van der Waals surface area contributed by atoms with Crippen LogP contribution in [-0.4, -0.2) is 54.8 Å². The molecule has 0 spiro atoms. The summed E-state index contributed by atoms with van der Waals surface area (Å²) in [6.45, 7) is -1.80. The minimum absolute atomic E-state index is 0.123. The number of nitro benzene ring substituents is 1. The number of rotatable bonds is 6. The van der Waals surface area contributed by atoms with Gasteiger partial charge in [0.05, 0.1) is 23.9 Å². The Kier molecular flexibility index (Phi) is 8.11. The highest BCUT2D eigenvalue weighted by Crippen LogP contribution is 2.42. The summed E-state index contributed by atoms with van der Waals surface area (Å²) in [5.41, 5.74) is -3.77. The lowest BCUT2D eigenvalue weighted by molar-refractivity contribution is -0.387. The summed E-state index contributed by atoms with van der Waals surface area (Å²) in [5, 5.41) is 16.2. The second-order valence-corrected chi connectivity index (χ2v) is 11.8. The minimum Gasteiger partial charge on any atom is -0.352 e. The van der Waals surface area contributed by atoms with Crippen LogP contribution in [0.1, 0.15) is 31.2 Å². The number of halogens is 5. The molecule has 1 saturated carbocycles. The van der Waals surface area contributed by atoms with Crippen LogP contribution in [0, 0.1) is 21.8 Å². The van der Waals surface area contributed by atoms with E-state index in [0.29, 0.717) is 4.31 Å². The van der Waals surface area contributed by atoms with Gasteiger partial charge in [0.1, 0.15) is 5.82 Å². The highest BCUT2D eigenvalue weighted by molar-refractivity contribution is 7.89. The van der Waals surface area contributed by atoms with E-state index >= 15 is 0 Å². The summed E-state index contributed by atoms with van der Waals surface area (Å²) in [6, 6.07) is 5.95. The third kappa shape index (κ3) is 5.49. The van der Waals surface area contributed by atoms with Crippen LogP contribution in [0.15, 0.2) is 47.4 Å². The number of amides is 2. The van der Waals surface area contributed by atoms with Crippen LogP contribution in [0.2, 0.25) is 5.02 Å². The number of nitrogens with zero attached hydrogens (tertiary/aromatic N) is 2. The molecule has 3 atom stereocenters. The second kappa shape index (κ2) is 10.9. The molecule has 0 radical (unpaired) electrons. The largest absolute Gasteiger partial charge is 0.391 e. The van der Waals surface area contributed by atoms with E-state index in [4.69, 9.17) is 11.6 Å². The second-order valence-electron chi connectivity index (χ2n) is 9.57. The first kappa shape index (κ1) is 29.7. The molecule has 1 aliphatic carbocycles. The van der Waals surface area contributed by atoms with Crippen molar-refractivity contribution in [3.05, 3.63) is 69.0 Å². The molecular formula is C24H23ClF4N4O6S. The molecule has 1 heterocycles. The Morgan fingerprint density at radius 3 is 2.58 bits per heavy atom. The molecule has 2 fully saturated rings. The van der Waals surface area contributed by atoms with Crippen molar-refractivity contribution in [1.29, 1.82) is 0 Å². The maximum Gasteiger partial charge on any atom is 0.391 e. The molecule has 0 aromatic heterocycles. The van der Waals surface area contributed by atoms with Crippen molar-refractivity contribution in [3.63, 3.8) is 0 Å². The van der Waals surface area contributed by atoms with Crippen LogP contribution in [-0.2, 0) is 25.2 Å². The lowest BCUT2D eigenvalue weighted by atomic mass is 9.83. The first-order valence-electron chi connectivity index (χ1n) is 12.0. The van der Waals surface area contributed by atoms with E-state index in [1.165, 1.54) is 12.1 Å². The average Bonchev–Trinajstić information content (AvgIpc) is 2.90. The van der Waals surface area contributed by atoms with E-state index in [-0.39, 0.29) is 24.3 Å². The third-order valence-corrected chi connectivity index (χ3v) is 9.36. The number of benzene rings is 2. The first-order valence-corrected chi connectivity index (χ1v) is 13.9. The van der Waals surface area contributed by atoms with Gasteiger partial charge in [0, 0.05) is 22.7 Å². The maximum atomic E-state index is 14.5. The number of sulfonamides is 1. The Labute approximate surface area is 230 Å². The van der Waals surface area contributed by atoms with Crippen molar-refractivity contribution in [2.75, 3.05) is 13.1 Å². The molecule has 1 aliphatic heterocycles. The summed E-state index contributed by atoms with van der Waals surface area (Å²) in [6.07, 6.45) is -4.88. The Morgan fingerprint density at radius 2 is 1.90 bits per heavy atom. The monoisotopic (exact) mass is 606 g/mol. The number of carbonyl (C=O) groups excluding carboxylic acids is 2. The summed E-state index contributed by atoms with van der Waals surface area (Å²) < 4.78 is 83.2. The predicted octanol–water partition coefficient (Wildman–Crippen LogP) is 3.64. The number of nitro groups is 1. The van der Waals surface area contributed by atoms with Crippen LogP contribution in [0.25, 0.3) is 0 Å². The van der Waals surface area contributed by atoms with Crippen molar-refractivity contribution in [2.45, 2.75) is 48.3 Å². The van der Waals surface area contributed by atoms with Gasteiger partial charge in [-0.25, -0.2) is 12.8 Å². The molecule has 10 nitrogen and oxygen atoms in total. The number of nitrogens with one attached hydrogen (secondary N) is 2. The van der Waals surface area contributed by atoms with Gasteiger partial charge in [-0.15, -0.1) is 0 Å². The van der Waals surface area contributed by atoms with Crippen molar-refractivity contribution in [1.82, 2.24) is 14.9 Å². The van der Waals surface area contributed by atoms with Gasteiger partial charge in [0.25, 0.3) is 15.7 Å². The molecule has 16 heteroatoms. The molecule has 3 unspecified atom stereocenters. The fraction of sp³-hybridized carbons (Fsp3) is 0.417. The van der Waals surface area contributed by atoms with Crippen molar-refractivity contribution < 1.29 is 40.5 Å². The lowest BCUT2D eigenvalue weighted by Gasteiger charge is -2.45. The van der Waals surface area contributed by atoms with Crippen LogP contribution in [0.3, 0.4) is 0 Å². The Balaban J connectivity index is 1.89. The first-order chi connectivity index (χ1) is 18.7. The van der Waals surface area contributed by atoms with Gasteiger partial charge in [0.15, 0.2) is 10.4 Å². The van der Waals surface area contributed by atoms with Crippen LogP contribution < -0.4 is 10.6 Å². The van der Waals surface area contributed by atoms with Gasteiger partial charge >= 0.3 is 6.18 Å². The molecular weight excluding hydrogens is 584 g/mol. The zero-order chi connectivity index (χ0) is 29.5. The zero-order valence-electron chi connectivity index (χ0n) is 20.6. The van der Waals surface area contributed by atoms with Gasteiger partial charge < -0.3 is 10.6 Å². The molecule has 4 rings (SSSR count). The number of carbonyl (C=O) groups is 2. The summed E-state index contributed by atoms with van der Waals surface area (Å²) >= 11 is 6.33. The average molecular weight is 607 g/mol.